The number of nitriles is 1. The van der Waals surface area contributed by atoms with Crippen LogP contribution >= 0.6 is 0 Å². The van der Waals surface area contributed by atoms with E-state index in [4.69, 9.17) is 9.52 Å². The highest BCUT2D eigenvalue weighted by molar-refractivity contribution is 5.90. The lowest BCUT2D eigenvalue weighted by Crippen LogP contribution is -1.95. The molecule has 3 rings (SSSR count). The zero-order chi connectivity index (χ0) is 17.8. The first-order valence-corrected chi connectivity index (χ1v) is 7.39. The fraction of sp³-hybridized carbons (Fsp3) is 0. The van der Waals surface area contributed by atoms with E-state index >= 15 is 0 Å². The molecule has 0 aliphatic heterocycles. The number of nitrogens with zero attached hydrogens (tertiary/aromatic N) is 1. The van der Waals surface area contributed by atoms with Crippen molar-refractivity contribution in [2.45, 2.75) is 0 Å². The number of hydrogen-bond donors (Lipinski definition) is 1. The number of carboxylic acids is 1. The van der Waals surface area contributed by atoms with Gasteiger partial charge in [-0.3, -0.25) is 0 Å². The van der Waals surface area contributed by atoms with Crippen LogP contribution in [0.1, 0.15) is 21.7 Å². The van der Waals surface area contributed by atoms with E-state index in [9.17, 15) is 14.4 Å². The quantitative estimate of drug-likeness (QED) is 0.693. The van der Waals surface area contributed by atoms with E-state index in [1.165, 1.54) is 30.3 Å². The van der Waals surface area contributed by atoms with Gasteiger partial charge in [0.05, 0.1) is 17.2 Å². The minimum absolute atomic E-state index is 0.137. The van der Waals surface area contributed by atoms with E-state index in [1.807, 2.05) is 6.07 Å². The van der Waals surface area contributed by atoms with Crippen molar-refractivity contribution in [2.75, 3.05) is 0 Å². The van der Waals surface area contributed by atoms with Crippen LogP contribution in [-0.4, -0.2) is 11.1 Å². The molecule has 0 spiro atoms. The van der Waals surface area contributed by atoms with Gasteiger partial charge in [-0.1, -0.05) is 30.3 Å². The average molecular weight is 333 g/mol. The molecular formula is C20H12FNO3. The molecule has 0 saturated carbocycles. The number of carbonyl (C=O) groups is 1. The van der Waals surface area contributed by atoms with Gasteiger partial charge in [0.1, 0.15) is 17.3 Å². The fourth-order valence-electron chi connectivity index (χ4n) is 2.38. The Hall–Kier alpha value is -3.65. The minimum Gasteiger partial charge on any atom is -0.478 e. The zero-order valence-corrected chi connectivity index (χ0v) is 12.9. The molecule has 2 aromatic carbocycles. The molecule has 0 amide bonds. The largest absolute Gasteiger partial charge is 0.478 e. The number of hydrogen-bond acceptors (Lipinski definition) is 3. The second-order valence-corrected chi connectivity index (χ2v) is 5.24. The fourth-order valence-corrected chi connectivity index (χ4v) is 2.38. The molecule has 1 N–H and O–H groups in total. The highest BCUT2D eigenvalue weighted by atomic mass is 19.1. The molecule has 0 radical (unpaired) electrons. The summed E-state index contributed by atoms with van der Waals surface area (Å²) in [6.45, 7) is 0. The molecule has 1 heterocycles. The highest BCUT2D eigenvalue weighted by Gasteiger charge is 2.10. The van der Waals surface area contributed by atoms with Crippen LogP contribution in [0.5, 0.6) is 0 Å². The van der Waals surface area contributed by atoms with Crippen molar-refractivity contribution in [3.8, 4) is 17.4 Å². The van der Waals surface area contributed by atoms with Crippen molar-refractivity contribution < 1.29 is 18.7 Å². The van der Waals surface area contributed by atoms with Crippen molar-refractivity contribution in [1.29, 1.82) is 5.26 Å². The average Bonchev–Trinajstić information content (AvgIpc) is 3.09. The number of allylic oxidation sites excluding steroid dienone is 1. The van der Waals surface area contributed by atoms with Crippen LogP contribution in [0.3, 0.4) is 0 Å². The van der Waals surface area contributed by atoms with E-state index < -0.39 is 11.8 Å². The maximum Gasteiger partial charge on any atom is 0.335 e. The molecule has 122 valence electrons. The highest BCUT2D eigenvalue weighted by Crippen LogP contribution is 2.26. The Balaban J connectivity index is 1.96. The van der Waals surface area contributed by atoms with Gasteiger partial charge in [-0.25, -0.2) is 9.18 Å². The number of carboxylic acid groups (broad SMARTS) is 1. The predicted octanol–water partition coefficient (Wildman–Crippen LogP) is 4.85. The summed E-state index contributed by atoms with van der Waals surface area (Å²) in [6, 6.07) is 17.6. The summed E-state index contributed by atoms with van der Waals surface area (Å²) in [7, 11) is 0. The van der Waals surface area contributed by atoms with E-state index in [2.05, 4.69) is 0 Å². The number of rotatable bonds is 4. The van der Waals surface area contributed by atoms with Gasteiger partial charge in [0.25, 0.3) is 0 Å². The van der Waals surface area contributed by atoms with Crippen LogP contribution < -0.4 is 0 Å². The third-order valence-corrected chi connectivity index (χ3v) is 3.59. The second-order valence-electron chi connectivity index (χ2n) is 5.24. The zero-order valence-electron chi connectivity index (χ0n) is 12.9. The molecule has 1 aromatic heterocycles. The molecule has 3 aromatic rings. The summed E-state index contributed by atoms with van der Waals surface area (Å²) in [6.07, 6.45) is 1.45. The van der Waals surface area contributed by atoms with Gasteiger partial charge >= 0.3 is 5.97 Å². The van der Waals surface area contributed by atoms with Crippen molar-refractivity contribution >= 4 is 17.6 Å². The standard InChI is InChI=1S/C20H12FNO3/c21-18-7-2-1-6-17(18)15(12-22)11-16-8-9-19(25-16)13-4-3-5-14(10-13)20(23)24/h1-11H,(H,23,24). The van der Waals surface area contributed by atoms with E-state index in [1.54, 1.807) is 36.4 Å². The third-order valence-electron chi connectivity index (χ3n) is 3.59. The molecule has 0 atom stereocenters. The monoisotopic (exact) mass is 333 g/mol. The Morgan fingerprint density at radius 2 is 1.92 bits per heavy atom. The second kappa shape index (κ2) is 6.85. The summed E-state index contributed by atoms with van der Waals surface area (Å²) >= 11 is 0. The van der Waals surface area contributed by atoms with Crippen LogP contribution in [0, 0.1) is 17.1 Å². The van der Waals surface area contributed by atoms with Gasteiger partial charge < -0.3 is 9.52 Å². The van der Waals surface area contributed by atoms with Crippen molar-refractivity contribution in [1.82, 2.24) is 0 Å². The Morgan fingerprint density at radius 1 is 1.12 bits per heavy atom. The first-order chi connectivity index (χ1) is 12.1. The lowest BCUT2D eigenvalue weighted by molar-refractivity contribution is 0.0697. The molecule has 0 fully saturated rings. The molecule has 0 aliphatic carbocycles. The normalized spacial score (nSPS) is 11.1. The van der Waals surface area contributed by atoms with Crippen LogP contribution in [0.2, 0.25) is 0 Å². The molecule has 0 aliphatic rings. The number of halogens is 1. The molecule has 4 nitrogen and oxygen atoms in total. The third kappa shape index (κ3) is 3.48. The van der Waals surface area contributed by atoms with Crippen LogP contribution in [0.4, 0.5) is 4.39 Å². The van der Waals surface area contributed by atoms with E-state index in [-0.39, 0.29) is 16.7 Å². The van der Waals surface area contributed by atoms with Crippen LogP contribution in [-0.2, 0) is 0 Å². The maximum atomic E-state index is 13.8. The van der Waals surface area contributed by atoms with E-state index in [0.29, 0.717) is 17.1 Å². The summed E-state index contributed by atoms with van der Waals surface area (Å²) < 4.78 is 19.5. The van der Waals surface area contributed by atoms with Crippen LogP contribution in [0.15, 0.2) is 65.1 Å². The molecule has 0 unspecified atom stereocenters. The molecule has 25 heavy (non-hydrogen) atoms. The smallest absolute Gasteiger partial charge is 0.335 e. The van der Waals surface area contributed by atoms with Gasteiger partial charge in [-0.05, 0) is 36.4 Å². The van der Waals surface area contributed by atoms with Crippen LogP contribution in [0.25, 0.3) is 23.0 Å². The Labute approximate surface area is 143 Å². The van der Waals surface area contributed by atoms with Gasteiger partial charge in [-0.2, -0.15) is 5.26 Å². The summed E-state index contributed by atoms with van der Waals surface area (Å²) in [5.74, 6) is -0.688. The molecule has 0 saturated heterocycles. The van der Waals surface area contributed by atoms with Crippen molar-refractivity contribution in [3.05, 3.63) is 83.4 Å². The van der Waals surface area contributed by atoms with Gasteiger partial charge in [0.15, 0.2) is 0 Å². The molecule has 0 bridgehead atoms. The lowest BCUT2D eigenvalue weighted by Gasteiger charge is -2.00. The summed E-state index contributed by atoms with van der Waals surface area (Å²) in [5.41, 5.74) is 1.08. The Morgan fingerprint density at radius 3 is 2.64 bits per heavy atom. The Bertz CT molecular complexity index is 1010. The minimum atomic E-state index is -1.03. The van der Waals surface area contributed by atoms with Gasteiger partial charge in [0, 0.05) is 11.1 Å². The lowest BCUT2D eigenvalue weighted by atomic mass is 10.1. The number of aromatic carboxylic acids is 1. The SMILES string of the molecule is N#CC(=Cc1ccc(-c2cccc(C(=O)O)c2)o1)c1ccccc1F. The Kier molecular flexibility index (Phi) is 4.44. The first kappa shape index (κ1) is 16.2. The molecule has 5 heteroatoms. The van der Waals surface area contributed by atoms with Gasteiger partial charge in [0.2, 0.25) is 0 Å². The number of furan rings is 1. The number of benzene rings is 2. The summed E-state index contributed by atoms with van der Waals surface area (Å²) in [5, 5.41) is 18.3. The molecular weight excluding hydrogens is 321 g/mol. The van der Waals surface area contributed by atoms with Crippen molar-refractivity contribution in [2.24, 2.45) is 0 Å². The predicted molar refractivity (Wildman–Crippen MR) is 91.0 cm³/mol. The topological polar surface area (TPSA) is 74.2 Å². The van der Waals surface area contributed by atoms with Gasteiger partial charge in [-0.15, -0.1) is 0 Å². The van der Waals surface area contributed by atoms with Crippen molar-refractivity contribution in [3.63, 3.8) is 0 Å². The maximum absolute atomic E-state index is 13.8. The van der Waals surface area contributed by atoms with E-state index in [0.717, 1.165) is 0 Å². The first-order valence-electron chi connectivity index (χ1n) is 7.39. The summed E-state index contributed by atoms with van der Waals surface area (Å²) in [4.78, 5) is 11.1.